The van der Waals surface area contributed by atoms with Crippen LogP contribution in [0, 0.1) is 34.0 Å². The minimum absolute atomic E-state index is 0.0196. The summed E-state index contributed by atoms with van der Waals surface area (Å²) < 4.78 is 29.7. The first kappa shape index (κ1) is 19.0. The number of aryl methyl sites for hydroxylation is 1. The van der Waals surface area contributed by atoms with Crippen molar-refractivity contribution in [1.29, 1.82) is 0 Å². The lowest BCUT2D eigenvalue weighted by Gasteiger charge is -2.26. The van der Waals surface area contributed by atoms with E-state index in [0.29, 0.717) is 12.3 Å². The van der Waals surface area contributed by atoms with Gasteiger partial charge in [-0.25, -0.2) is 13.8 Å². The maximum atomic E-state index is 14.5. The van der Waals surface area contributed by atoms with Crippen LogP contribution in [0.25, 0.3) is 0 Å². The molecule has 1 fully saturated rings. The number of aliphatic hydroxyl groups excluding tert-OH is 1. The van der Waals surface area contributed by atoms with Gasteiger partial charge in [-0.2, -0.15) is 0 Å². The first-order valence-electron chi connectivity index (χ1n) is 7.86. The van der Waals surface area contributed by atoms with Crippen molar-refractivity contribution < 1.29 is 18.7 Å². The molecule has 3 rings (SSSR count). The Hall–Kier alpha value is -0.770. The first-order chi connectivity index (χ1) is 11.9. The lowest BCUT2D eigenvalue weighted by Crippen LogP contribution is -2.22. The van der Waals surface area contributed by atoms with Crippen LogP contribution in [0.1, 0.15) is 12.0 Å². The maximum absolute atomic E-state index is 14.5. The molecule has 0 amide bonds. The van der Waals surface area contributed by atoms with E-state index in [0.717, 1.165) is 15.6 Å². The Balaban J connectivity index is 1.95. The fourth-order valence-electron chi connectivity index (χ4n) is 2.70. The molecule has 25 heavy (non-hydrogen) atoms. The van der Waals surface area contributed by atoms with Crippen molar-refractivity contribution in [3.8, 4) is 0 Å². The van der Waals surface area contributed by atoms with Crippen molar-refractivity contribution in [2.75, 3.05) is 18.3 Å². The van der Waals surface area contributed by atoms with Gasteiger partial charge in [0.25, 0.3) is 0 Å². The van der Waals surface area contributed by atoms with Gasteiger partial charge < -0.3 is 5.11 Å². The fourth-order valence-corrected chi connectivity index (χ4v) is 3.65. The Labute approximate surface area is 167 Å². The van der Waals surface area contributed by atoms with Crippen LogP contribution < -0.4 is 5.06 Å². The molecule has 3 nitrogen and oxygen atoms in total. The average molecular weight is 524 g/mol. The van der Waals surface area contributed by atoms with E-state index in [2.05, 4.69) is 38.5 Å². The lowest BCUT2D eigenvalue weighted by molar-refractivity contribution is 0.116. The summed E-state index contributed by atoms with van der Waals surface area (Å²) in [6.07, 6.45) is 0.882. The van der Waals surface area contributed by atoms with Crippen LogP contribution >= 0.6 is 38.5 Å². The molecule has 0 spiro atoms. The van der Waals surface area contributed by atoms with E-state index in [9.17, 15) is 13.9 Å². The number of anilines is 2. The van der Waals surface area contributed by atoms with Gasteiger partial charge in [-0.15, -0.1) is 0 Å². The highest BCUT2D eigenvalue weighted by atomic mass is 127. The van der Waals surface area contributed by atoms with Gasteiger partial charge in [-0.3, -0.25) is 4.84 Å². The standard InChI is InChI=1S/C18H17BrF2INO2/c1-10-6-13(22)2-4-15(10)23(25-9-12-7-11(12)8-24)16-5-3-14(19)17(20)18(16)21/h2-6,11-12,24H,7-9H2,1H3. The molecule has 2 unspecified atom stereocenters. The average Bonchev–Trinajstić information content (AvgIpc) is 3.34. The van der Waals surface area contributed by atoms with Gasteiger partial charge in [0.15, 0.2) is 11.6 Å². The molecule has 0 bridgehead atoms. The van der Waals surface area contributed by atoms with Gasteiger partial charge in [0, 0.05) is 10.2 Å². The quantitative estimate of drug-likeness (QED) is 0.315. The van der Waals surface area contributed by atoms with Gasteiger partial charge in [-0.05, 0) is 99.6 Å². The molecule has 2 aromatic rings. The highest BCUT2D eigenvalue weighted by Gasteiger charge is 2.37. The normalized spacial score (nSPS) is 19.1. The van der Waals surface area contributed by atoms with Crippen LogP contribution in [0.2, 0.25) is 0 Å². The zero-order chi connectivity index (χ0) is 18.1. The summed E-state index contributed by atoms with van der Waals surface area (Å²) in [5.74, 6) is -1.46. The van der Waals surface area contributed by atoms with Gasteiger partial charge in [0.2, 0.25) is 0 Å². The molecule has 2 aromatic carbocycles. The Bertz CT molecular complexity index is 790. The zero-order valence-electron chi connectivity index (χ0n) is 13.5. The topological polar surface area (TPSA) is 32.7 Å². The van der Waals surface area contributed by atoms with E-state index >= 15 is 0 Å². The van der Waals surface area contributed by atoms with Crippen LogP contribution in [0.15, 0.2) is 34.8 Å². The molecule has 0 aromatic heterocycles. The maximum Gasteiger partial charge on any atom is 0.186 e. The third-order valence-corrected chi connectivity index (χ3v) is 5.62. The molecule has 0 aliphatic heterocycles. The Kier molecular flexibility index (Phi) is 5.97. The van der Waals surface area contributed by atoms with Crippen LogP contribution in [0.3, 0.4) is 0 Å². The highest BCUT2D eigenvalue weighted by molar-refractivity contribution is 14.1. The second-order valence-electron chi connectivity index (χ2n) is 6.15. The molecule has 134 valence electrons. The van der Waals surface area contributed by atoms with E-state index < -0.39 is 11.6 Å². The molecular weight excluding hydrogens is 507 g/mol. The van der Waals surface area contributed by atoms with Gasteiger partial charge in [-0.1, -0.05) is 0 Å². The summed E-state index contributed by atoms with van der Waals surface area (Å²) in [5.41, 5.74) is 1.57. The van der Waals surface area contributed by atoms with E-state index in [1.807, 2.05) is 25.1 Å². The minimum Gasteiger partial charge on any atom is -0.396 e. The van der Waals surface area contributed by atoms with Gasteiger partial charge in [0.05, 0.1) is 16.8 Å². The van der Waals surface area contributed by atoms with E-state index in [1.165, 1.54) is 17.2 Å². The summed E-state index contributed by atoms with van der Waals surface area (Å²) in [4.78, 5) is 5.86. The van der Waals surface area contributed by atoms with Crippen LogP contribution in [-0.4, -0.2) is 18.3 Å². The fraction of sp³-hybridized carbons (Fsp3) is 0.333. The number of halogens is 4. The smallest absolute Gasteiger partial charge is 0.186 e. The van der Waals surface area contributed by atoms with Crippen molar-refractivity contribution in [3.05, 3.63) is 55.6 Å². The van der Waals surface area contributed by atoms with Crippen molar-refractivity contribution in [3.63, 3.8) is 0 Å². The summed E-state index contributed by atoms with van der Waals surface area (Å²) >= 11 is 5.19. The van der Waals surface area contributed by atoms with Crippen molar-refractivity contribution >= 4 is 49.9 Å². The summed E-state index contributed by atoms with van der Waals surface area (Å²) in [5, 5.41) is 10.5. The van der Waals surface area contributed by atoms with E-state index in [-0.39, 0.29) is 28.6 Å². The largest absolute Gasteiger partial charge is 0.396 e. The van der Waals surface area contributed by atoms with Crippen molar-refractivity contribution in [1.82, 2.24) is 0 Å². The number of hydrogen-bond donors (Lipinski definition) is 1. The minimum atomic E-state index is -0.971. The molecule has 1 N–H and O–H groups in total. The summed E-state index contributed by atoms with van der Waals surface area (Å²) in [7, 11) is 0. The zero-order valence-corrected chi connectivity index (χ0v) is 17.2. The molecule has 1 saturated carbocycles. The molecule has 1 aliphatic rings. The number of benzene rings is 2. The van der Waals surface area contributed by atoms with Crippen LogP contribution in [-0.2, 0) is 4.84 Å². The third-order valence-electron chi connectivity index (χ3n) is 4.33. The van der Waals surface area contributed by atoms with Crippen molar-refractivity contribution in [2.45, 2.75) is 13.3 Å². The third kappa shape index (κ3) is 4.15. The first-order valence-corrected chi connectivity index (χ1v) is 9.73. The van der Waals surface area contributed by atoms with E-state index in [4.69, 9.17) is 4.84 Å². The van der Waals surface area contributed by atoms with Crippen LogP contribution in [0.4, 0.5) is 20.2 Å². The molecular formula is C18H17BrF2INO2. The monoisotopic (exact) mass is 523 g/mol. The highest BCUT2D eigenvalue weighted by Crippen LogP contribution is 2.40. The lowest BCUT2D eigenvalue weighted by atomic mass is 10.2. The Morgan fingerprint density at radius 2 is 1.92 bits per heavy atom. The Morgan fingerprint density at radius 1 is 1.20 bits per heavy atom. The molecule has 0 heterocycles. The van der Waals surface area contributed by atoms with Crippen molar-refractivity contribution in [2.24, 2.45) is 11.8 Å². The second-order valence-corrected chi connectivity index (χ2v) is 8.25. The number of rotatable bonds is 6. The second kappa shape index (κ2) is 7.85. The molecule has 2 atom stereocenters. The molecule has 0 saturated heterocycles. The van der Waals surface area contributed by atoms with E-state index in [1.54, 1.807) is 0 Å². The van der Waals surface area contributed by atoms with Gasteiger partial charge >= 0.3 is 0 Å². The molecule has 0 radical (unpaired) electrons. The predicted molar refractivity (Wildman–Crippen MR) is 105 cm³/mol. The molecule has 1 aliphatic carbocycles. The predicted octanol–water partition coefficient (Wildman–Crippen LogP) is 5.34. The number of nitrogens with zero attached hydrogens (tertiary/aromatic N) is 1. The molecule has 7 heteroatoms. The Morgan fingerprint density at radius 3 is 2.56 bits per heavy atom. The summed E-state index contributed by atoms with van der Waals surface area (Å²) in [6.45, 7) is 2.36. The SMILES string of the molecule is Cc1cc(I)ccc1N(OCC1CC1CO)c1ccc(Br)c(F)c1F. The summed E-state index contributed by atoms with van der Waals surface area (Å²) in [6, 6.07) is 8.61. The number of hydrogen-bond acceptors (Lipinski definition) is 3. The van der Waals surface area contributed by atoms with Crippen LogP contribution in [0.5, 0.6) is 0 Å². The number of aliphatic hydroxyl groups is 1. The van der Waals surface area contributed by atoms with Gasteiger partial charge in [0.1, 0.15) is 5.69 Å².